The molecule has 0 aliphatic carbocycles. The Kier molecular flexibility index (Phi) is 7.99. The van der Waals surface area contributed by atoms with Crippen molar-refractivity contribution in [1.82, 2.24) is 5.01 Å². The Hall–Kier alpha value is -4.15. The SMILES string of the molecule is Cc1ccccc1N(CCC#N)C1=NN(C(=O)CC(=O)Nc2ccc(Cl)cc2)[C@H](c2ccccc2)C1. The number of aryl methyl sites for hydroxylation is 1. The van der Waals surface area contributed by atoms with Gasteiger partial charge in [-0.1, -0.05) is 60.1 Å². The van der Waals surface area contributed by atoms with Gasteiger partial charge in [-0.3, -0.25) is 9.59 Å². The number of amides is 2. The molecule has 0 saturated carbocycles. The molecule has 1 atom stereocenters. The first-order valence-electron chi connectivity index (χ1n) is 11.7. The first-order chi connectivity index (χ1) is 17.5. The van der Waals surface area contributed by atoms with Gasteiger partial charge in [-0.05, 0) is 48.4 Å². The molecule has 0 bridgehead atoms. The van der Waals surface area contributed by atoms with E-state index in [-0.39, 0.29) is 12.5 Å². The van der Waals surface area contributed by atoms with E-state index in [1.54, 1.807) is 24.3 Å². The quantitative estimate of drug-likeness (QED) is 0.423. The molecular weight excluding hydrogens is 474 g/mol. The lowest BCUT2D eigenvalue weighted by atomic mass is 10.0. The summed E-state index contributed by atoms with van der Waals surface area (Å²) in [5.41, 5.74) is 3.46. The highest BCUT2D eigenvalue weighted by molar-refractivity contribution is 6.30. The maximum atomic E-state index is 13.3. The van der Waals surface area contributed by atoms with Crippen LogP contribution in [0.3, 0.4) is 0 Å². The van der Waals surface area contributed by atoms with Crippen LogP contribution in [-0.2, 0) is 9.59 Å². The minimum absolute atomic E-state index is 0.306. The van der Waals surface area contributed by atoms with Crippen LogP contribution in [0.4, 0.5) is 11.4 Å². The third-order valence-electron chi connectivity index (χ3n) is 5.94. The second kappa shape index (κ2) is 11.5. The monoisotopic (exact) mass is 499 g/mol. The molecule has 0 radical (unpaired) electrons. The molecule has 0 saturated heterocycles. The van der Waals surface area contributed by atoms with E-state index in [2.05, 4.69) is 11.4 Å². The average Bonchev–Trinajstić information content (AvgIpc) is 3.33. The Balaban J connectivity index is 1.60. The van der Waals surface area contributed by atoms with E-state index in [0.29, 0.717) is 35.9 Å². The topological polar surface area (TPSA) is 88.8 Å². The molecule has 1 aliphatic heterocycles. The third kappa shape index (κ3) is 5.91. The summed E-state index contributed by atoms with van der Waals surface area (Å²) in [6, 6.07) is 26.1. The van der Waals surface area contributed by atoms with Crippen LogP contribution in [-0.4, -0.2) is 29.2 Å². The number of benzene rings is 3. The van der Waals surface area contributed by atoms with Crippen LogP contribution in [0.25, 0.3) is 0 Å². The van der Waals surface area contributed by atoms with Crippen molar-refractivity contribution in [1.29, 1.82) is 5.26 Å². The van der Waals surface area contributed by atoms with E-state index in [4.69, 9.17) is 16.7 Å². The number of halogens is 1. The summed E-state index contributed by atoms with van der Waals surface area (Å²) in [4.78, 5) is 28.0. The molecule has 1 aliphatic rings. The first kappa shape index (κ1) is 25.0. The van der Waals surface area contributed by atoms with Gasteiger partial charge >= 0.3 is 0 Å². The number of anilines is 2. The van der Waals surface area contributed by atoms with E-state index in [0.717, 1.165) is 16.8 Å². The fourth-order valence-electron chi connectivity index (χ4n) is 4.20. The van der Waals surface area contributed by atoms with Gasteiger partial charge in [0.25, 0.3) is 5.91 Å². The predicted molar refractivity (Wildman–Crippen MR) is 142 cm³/mol. The number of nitrogens with zero attached hydrogens (tertiary/aromatic N) is 4. The molecule has 7 nitrogen and oxygen atoms in total. The van der Waals surface area contributed by atoms with Gasteiger partial charge in [-0.2, -0.15) is 10.4 Å². The molecule has 36 heavy (non-hydrogen) atoms. The predicted octanol–water partition coefficient (Wildman–Crippen LogP) is 5.68. The highest BCUT2D eigenvalue weighted by Crippen LogP contribution is 2.34. The lowest BCUT2D eigenvalue weighted by Gasteiger charge is -2.25. The maximum absolute atomic E-state index is 13.3. The normalized spacial score (nSPS) is 14.6. The number of carbonyl (C=O) groups is 2. The molecule has 1 N–H and O–H groups in total. The van der Waals surface area contributed by atoms with Crippen LogP contribution in [0, 0.1) is 18.3 Å². The highest BCUT2D eigenvalue weighted by atomic mass is 35.5. The molecule has 1 heterocycles. The second-order valence-corrected chi connectivity index (χ2v) is 8.90. The van der Waals surface area contributed by atoms with Crippen molar-refractivity contribution in [2.75, 3.05) is 16.8 Å². The van der Waals surface area contributed by atoms with E-state index < -0.39 is 11.8 Å². The van der Waals surface area contributed by atoms with Crippen molar-refractivity contribution >= 4 is 40.6 Å². The van der Waals surface area contributed by atoms with Crippen LogP contribution in [0.15, 0.2) is 84.0 Å². The van der Waals surface area contributed by atoms with Crippen molar-refractivity contribution in [2.24, 2.45) is 5.10 Å². The molecule has 2 amide bonds. The van der Waals surface area contributed by atoms with Crippen molar-refractivity contribution in [2.45, 2.75) is 32.2 Å². The molecule has 3 aromatic carbocycles. The number of nitriles is 1. The third-order valence-corrected chi connectivity index (χ3v) is 6.19. The summed E-state index contributed by atoms with van der Waals surface area (Å²) in [6.07, 6.45) is 0.417. The number of hydrogen-bond acceptors (Lipinski definition) is 5. The number of hydrazone groups is 1. The van der Waals surface area contributed by atoms with Crippen LogP contribution in [0.2, 0.25) is 5.02 Å². The van der Waals surface area contributed by atoms with Gasteiger partial charge in [-0.25, -0.2) is 5.01 Å². The van der Waals surface area contributed by atoms with Crippen molar-refractivity contribution in [3.63, 3.8) is 0 Å². The number of amidine groups is 1. The minimum Gasteiger partial charge on any atom is -0.327 e. The lowest BCUT2D eigenvalue weighted by molar-refractivity contribution is -0.136. The fraction of sp³-hybridized carbons (Fsp3) is 0.214. The van der Waals surface area contributed by atoms with Gasteiger partial charge in [0.15, 0.2) is 0 Å². The molecule has 182 valence electrons. The van der Waals surface area contributed by atoms with E-state index in [1.165, 1.54) is 5.01 Å². The summed E-state index contributed by atoms with van der Waals surface area (Å²) in [6.45, 7) is 2.45. The number of para-hydroxylation sites is 1. The average molecular weight is 500 g/mol. The van der Waals surface area contributed by atoms with Gasteiger partial charge < -0.3 is 10.2 Å². The largest absolute Gasteiger partial charge is 0.327 e. The number of carbonyl (C=O) groups excluding carboxylic acids is 2. The Morgan fingerprint density at radius 1 is 1.08 bits per heavy atom. The standard InChI is InChI=1S/C28H26ClN5O2/c1-20-8-5-6-11-24(20)33(17-7-16-30)26-18-25(21-9-3-2-4-10-21)34(32-26)28(36)19-27(35)31-23-14-12-22(29)13-15-23/h2-6,8-15,25H,7,17-19H2,1H3,(H,31,35)/t25-/m0/s1. The highest BCUT2D eigenvalue weighted by Gasteiger charge is 2.35. The minimum atomic E-state index is -0.432. The maximum Gasteiger partial charge on any atom is 0.252 e. The van der Waals surface area contributed by atoms with Gasteiger partial charge in [0.1, 0.15) is 12.3 Å². The lowest BCUT2D eigenvalue weighted by Crippen LogP contribution is -2.31. The van der Waals surface area contributed by atoms with E-state index >= 15 is 0 Å². The van der Waals surface area contributed by atoms with Gasteiger partial charge in [0, 0.05) is 29.4 Å². The van der Waals surface area contributed by atoms with Crippen LogP contribution in [0.5, 0.6) is 0 Å². The number of hydrogen-bond donors (Lipinski definition) is 1. The zero-order chi connectivity index (χ0) is 25.5. The molecule has 4 rings (SSSR count). The zero-order valence-electron chi connectivity index (χ0n) is 19.9. The number of nitrogens with one attached hydrogen (secondary N) is 1. The Morgan fingerprint density at radius 3 is 2.47 bits per heavy atom. The zero-order valence-corrected chi connectivity index (χ0v) is 20.7. The molecule has 0 spiro atoms. The smallest absolute Gasteiger partial charge is 0.252 e. The van der Waals surface area contributed by atoms with Crippen molar-refractivity contribution < 1.29 is 9.59 Å². The fourth-order valence-corrected chi connectivity index (χ4v) is 4.32. The molecule has 0 unspecified atom stereocenters. The molecule has 0 fully saturated rings. The Bertz CT molecular complexity index is 1300. The van der Waals surface area contributed by atoms with Crippen LogP contribution in [0.1, 0.15) is 36.4 Å². The summed E-state index contributed by atoms with van der Waals surface area (Å²) in [5, 5.41) is 18.7. The summed E-state index contributed by atoms with van der Waals surface area (Å²) < 4.78 is 0. The van der Waals surface area contributed by atoms with Crippen molar-refractivity contribution in [3.05, 3.63) is 95.0 Å². The first-order valence-corrected chi connectivity index (χ1v) is 12.0. The molecule has 0 aromatic heterocycles. The summed E-state index contributed by atoms with van der Waals surface area (Å²) in [5.74, 6) is -0.159. The van der Waals surface area contributed by atoms with E-state index in [1.807, 2.05) is 66.4 Å². The second-order valence-electron chi connectivity index (χ2n) is 8.46. The van der Waals surface area contributed by atoms with E-state index in [9.17, 15) is 14.9 Å². The van der Waals surface area contributed by atoms with Crippen LogP contribution >= 0.6 is 11.6 Å². The summed E-state index contributed by atoms with van der Waals surface area (Å²) >= 11 is 5.91. The van der Waals surface area contributed by atoms with Gasteiger partial charge in [0.05, 0.1) is 18.5 Å². The molecule has 8 heteroatoms. The Morgan fingerprint density at radius 2 is 1.78 bits per heavy atom. The number of rotatable bonds is 7. The van der Waals surface area contributed by atoms with Crippen molar-refractivity contribution in [3.8, 4) is 6.07 Å². The van der Waals surface area contributed by atoms with Gasteiger partial charge in [0.2, 0.25) is 5.91 Å². The van der Waals surface area contributed by atoms with Crippen LogP contribution < -0.4 is 10.2 Å². The molecular formula is C28H26ClN5O2. The molecule has 3 aromatic rings. The Labute approximate surface area is 215 Å². The van der Waals surface area contributed by atoms with Gasteiger partial charge in [-0.15, -0.1) is 0 Å². The summed E-state index contributed by atoms with van der Waals surface area (Å²) in [7, 11) is 0.